The maximum absolute atomic E-state index is 10.5. The largest absolute Gasteiger partial charge is 0.493 e. The maximum atomic E-state index is 10.5. The molecule has 2 aromatic carbocycles. The van der Waals surface area contributed by atoms with Gasteiger partial charge in [-0.2, -0.15) is 0 Å². The highest BCUT2D eigenvalue weighted by atomic mass is 79.9. The van der Waals surface area contributed by atoms with Crippen molar-refractivity contribution in [2.75, 3.05) is 6.61 Å². The van der Waals surface area contributed by atoms with E-state index in [1.54, 1.807) is 0 Å². The summed E-state index contributed by atoms with van der Waals surface area (Å²) in [5, 5.41) is 10.5. The van der Waals surface area contributed by atoms with Crippen molar-refractivity contribution in [3.05, 3.63) is 62.6 Å². The van der Waals surface area contributed by atoms with E-state index in [2.05, 4.69) is 54.0 Å². The fraction of sp³-hybridized carbons (Fsp3) is 0.333. The fourth-order valence-corrected chi connectivity index (χ4v) is 3.35. The molecule has 0 bridgehead atoms. The summed E-state index contributed by atoms with van der Waals surface area (Å²) in [7, 11) is 0. The molecule has 0 saturated heterocycles. The van der Waals surface area contributed by atoms with Crippen LogP contribution in [0.1, 0.15) is 33.9 Å². The first-order chi connectivity index (χ1) is 10.0. The van der Waals surface area contributed by atoms with Crippen molar-refractivity contribution in [3.63, 3.8) is 0 Å². The minimum Gasteiger partial charge on any atom is -0.493 e. The Morgan fingerprint density at radius 3 is 2.76 bits per heavy atom. The number of fused-ring (bicyclic) bond motifs is 1. The van der Waals surface area contributed by atoms with Crippen molar-refractivity contribution in [1.82, 2.24) is 0 Å². The zero-order valence-corrected chi connectivity index (χ0v) is 13.9. The SMILES string of the molecule is Cc1ccc(C(O)Cc2cc(Br)cc3c2OCC3)cc1C. The van der Waals surface area contributed by atoms with Crippen LogP contribution in [-0.4, -0.2) is 11.7 Å². The van der Waals surface area contributed by atoms with Crippen molar-refractivity contribution in [2.45, 2.75) is 32.8 Å². The number of aliphatic hydroxyl groups is 1. The van der Waals surface area contributed by atoms with E-state index in [-0.39, 0.29) is 0 Å². The van der Waals surface area contributed by atoms with Gasteiger partial charge in [-0.1, -0.05) is 34.1 Å². The van der Waals surface area contributed by atoms with Crippen molar-refractivity contribution < 1.29 is 9.84 Å². The number of aliphatic hydroxyl groups excluding tert-OH is 1. The second-order valence-corrected chi connectivity index (χ2v) is 6.63. The zero-order chi connectivity index (χ0) is 15.0. The van der Waals surface area contributed by atoms with Gasteiger partial charge in [0.25, 0.3) is 0 Å². The Morgan fingerprint density at radius 2 is 2.00 bits per heavy atom. The number of hydrogen-bond acceptors (Lipinski definition) is 2. The highest BCUT2D eigenvalue weighted by molar-refractivity contribution is 9.10. The Kier molecular flexibility index (Phi) is 4.05. The quantitative estimate of drug-likeness (QED) is 0.898. The van der Waals surface area contributed by atoms with E-state index in [4.69, 9.17) is 4.74 Å². The zero-order valence-electron chi connectivity index (χ0n) is 12.3. The van der Waals surface area contributed by atoms with Crippen LogP contribution in [0, 0.1) is 13.8 Å². The fourth-order valence-electron chi connectivity index (χ4n) is 2.80. The van der Waals surface area contributed by atoms with Crippen LogP contribution in [0.4, 0.5) is 0 Å². The predicted octanol–water partition coefficient (Wildman–Crippen LogP) is 4.28. The summed E-state index contributed by atoms with van der Waals surface area (Å²) >= 11 is 3.55. The van der Waals surface area contributed by atoms with Crippen LogP contribution in [0.2, 0.25) is 0 Å². The van der Waals surface area contributed by atoms with E-state index < -0.39 is 6.10 Å². The van der Waals surface area contributed by atoms with Gasteiger partial charge in [-0.3, -0.25) is 0 Å². The van der Waals surface area contributed by atoms with Gasteiger partial charge >= 0.3 is 0 Å². The number of aryl methyl sites for hydroxylation is 2. The van der Waals surface area contributed by atoms with E-state index >= 15 is 0 Å². The Hall–Kier alpha value is -1.32. The Labute approximate surface area is 133 Å². The summed E-state index contributed by atoms with van der Waals surface area (Å²) in [4.78, 5) is 0. The van der Waals surface area contributed by atoms with Crippen LogP contribution in [-0.2, 0) is 12.8 Å². The molecule has 0 amide bonds. The lowest BCUT2D eigenvalue weighted by atomic mass is 9.96. The van der Waals surface area contributed by atoms with E-state index in [0.29, 0.717) is 6.42 Å². The molecule has 1 aliphatic heterocycles. The number of hydrogen-bond donors (Lipinski definition) is 1. The summed E-state index contributed by atoms with van der Waals surface area (Å²) in [6.07, 6.45) is 1.01. The summed E-state index contributed by atoms with van der Waals surface area (Å²) in [5.41, 5.74) is 5.72. The molecule has 0 fully saturated rings. The molecule has 2 aromatic rings. The number of halogens is 1. The van der Waals surface area contributed by atoms with Gasteiger partial charge in [0.2, 0.25) is 0 Å². The molecule has 0 aliphatic carbocycles. The molecule has 2 nitrogen and oxygen atoms in total. The molecular weight excluding hydrogens is 328 g/mol. The third kappa shape index (κ3) is 2.99. The third-order valence-corrected chi connectivity index (χ3v) is 4.61. The Morgan fingerprint density at radius 1 is 1.19 bits per heavy atom. The minimum atomic E-state index is -0.508. The summed E-state index contributed by atoms with van der Waals surface area (Å²) in [5.74, 6) is 0.959. The van der Waals surface area contributed by atoms with E-state index in [0.717, 1.165) is 34.4 Å². The van der Waals surface area contributed by atoms with Gasteiger partial charge < -0.3 is 9.84 Å². The molecular formula is C18H19BrO2. The van der Waals surface area contributed by atoms with Gasteiger partial charge in [-0.05, 0) is 53.8 Å². The monoisotopic (exact) mass is 346 g/mol. The van der Waals surface area contributed by atoms with Gasteiger partial charge in [0.15, 0.2) is 0 Å². The molecule has 21 heavy (non-hydrogen) atoms. The van der Waals surface area contributed by atoms with Crippen LogP contribution < -0.4 is 4.74 Å². The van der Waals surface area contributed by atoms with Crippen molar-refractivity contribution >= 4 is 15.9 Å². The lowest BCUT2D eigenvalue weighted by Crippen LogP contribution is -2.04. The molecule has 3 rings (SSSR count). The molecule has 1 atom stereocenters. The van der Waals surface area contributed by atoms with Crippen LogP contribution in [0.5, 0.6) is 5.75 Å². The number of rotatable bonds is 3. The highest BCUT2D eigenvalue weighted by Gasteiger charge is 2.20. The van der Waals surface area contributed by atoms with Crippen molar-refractivity contribution in [3.8, 4) is 5.75 Å². The van der Waals surface area contributed by atoms with Gasteiger partial charge in [-0.15, -0.1) is 0 Å². The molecule has 3 heteroatoms. The summed E-state index contributed by atoms with van der Waals surface area (Å²) < 4.78 is 6.78. The molecule has 0 saturated carbocycles. The van der Waals surface area contributed by atoms with Crippen molar-refractivity contribution in [1.29, 1.82) is 0 Å². The number of ether oxygens (including phenoxy) is 1. The molecule has 1 aliphatic rings. The first-order valence-electron chi connectivity index (χ1n) is 7.24. The minimum absolute atomic E-state index is 0.508. The normalized spacial score (nSPS) is 14.7. The first kappa shape index (κ1) is 14.6. The van der Waals surface area contributed by atoms with E-state index in [1.165, 1.54) is 16.7 Å². The van der Waals surface area contributed by atoms with Gasteiger partial charge in [0, 0.05) is 17.3 Å². The first-order valence-corrected chi connectivity index (χ1v) is 8.03. The standard InChI is InChI=1S/C18H19BrO2/c1-11-3-4-13(7-12(11)2)17(20)10-15-9-16(19)8-14-5-6-21-18(14)15/h3-4,7-9,17,20H,5-6,10H2,1-2H3. The second-order valence-electron chi connectivity index (χ2n) is 5.72. The highest BCUT2D eigenvalue weighted by Crippen LogP contribution is 2.35. The van der Waals surface area contributed by atoms with Gasteiger partial charge in [0.05, 0.1) is 12.7 Å². The average molecular weight is 347 g/mol. The van der Waals surface area contributed by atoms with Crippen LogP contribution >= 0.6 is 15.9 Å². The molecule has 0 spiro atoms. The van der Waals surface area contributed by atoms with Gasteiger partial charge in [-0.25, -0.2) is 0 Å². The Bertz CT molecular complexity index is 679. The predicted molar refractivity (Wildman–Crippen MR) is 87.9 cm³/mol. The van der Waals surface area contributed by atoms with Crippen LogP contribution in [0.15, 0.2) is 34.8 Å². The summed E-state index contributed by atoms with van der Waals surface area (Å²) in [6, 6.07) is 10.3. The van der Waals surface area contributed by atoms with Crippen LogP contribution in [0.25, 0.3) is 0 Å². The maximum Gasteiger partial charge on any atom is 0.125 e. The lowest BCUT2D eigenvalue weighted by molar-refractivity contribution is 0.177. The number of benzene rings is 2. The van der Waals surface area contributed by atoms with Crippen molar-refractivity contribution in [2.24, 2.45) is 0 Å². The summed E-state index contributed by atoms with van der Waals surface area (Å²) in [6.45, 7) is 4.89. The average Bonchev–Trinajstić information content (AvgIpc) is 2.90. The van der Waals surface area contributed by atoms with Gasteiger partial charge in [0.1, 0.15) is 5.75 Å². The lowest BCUT2D eigenvalue weighted by Gasteiger charge is -2.15. The molecule has 0 radical (unpaired) electrons. The molecule has 110 valence electrons. The Balaban J connectivity index is 1.88. The smallest absolute Gasteiger partial charge is 0.125 e. The van der Waals surface area contributed by atoms with E-state index in [9.17, 15) is 5.11 Å². The molecule has 1 heterocycles. The van der Waals surface area contributed by atoms with Crippen LogP contribution in [0.3, 0.4) is 0 Å². The molecule has 0 aromatic heterocycles. The topological polar surface area (TPSA) is 29.5 Å². The second kappa shape index (κ2) is 5.82. The third-order valence-electron chi connectivity index (χ3n) is 4.15. The molecule has 1 N–H and O–H groups in total. The van der Waals surface area contributed by atoms with E-state index in [1.807, 2.05) is 6.07 Å². The molecule has 1 unspecified atom stereocenters.